The van der Waals surface area contributed by atoms with Crippen LogP contribution in [0.4, 0.5) is 13.2 Å². The molecule has 4 rings (SSSR count). The third kappa shape index (κ3) is 5.60. The minimum Gasteiger partial charge on any atom is -0.496 e. The number of carboxylic acid groups (broad SMARTS) is 1. The number of halogens is 3. The van der Waals surface area contributed by atoms with Crippen molar-refractivity contribution in [3.8, 4) is 22.6 Å². The Bertz CT molecular complexity index is 1150. The van der Waals surface area contributed by atoms with E-state index in [2.05, 4.69) is 14.9 Å². The number of carbonyl (C=O) groups is 1. The van der Waals surface area contributed by atoms with E-state index < -0.39 is 18.2 Å². The van der Waals surface area contributed by atoms with Gasteiger partial charge in [0.05, 0.1) is 24.9 Å². The first-order chi connectivity index (χ1) is 15.7. The summed E-state index contributed by atoms with van der Waals surface area (Å²) in [7, 11) is 1.56. The van der Waals surface area contributed by atoms with Gasteiger partial charge >= 0.3 is 12.3 Å². The number of methoxy groups -OCH3 is 1. The van der Waals surface area contributed by atoms with Gasteiger partial charge in [-0.2, -0.15) is 10.2 Å². The van der Waals surface area contributed by atoms with E-state index in [1.807, 2.05) is 24.3 Å². The van der Waals surface area contributed by atoms with E-state index in [4.69, 9.17) is 4.74 Å². The molecule has 0 spiro atoms. The SMILES string of the molecule is COc1ccc(-c2cnnc(CCc3ccc(OC(F)(F)F)cc3)c2)cc1[C@@H]1C[C@H]1C(=O)O. The van der Waals surface area contributed by atoms with Crippen molar-refractivity contribution in [3.63, 3.8) is 0 Å². The summed E-state index contributed by atoms with van der Waals surface area (Å²) >= 11 is 0. The number of alkyl halides is 3. The molecule has 1 saturated carbocycles. The van der Waals surface area contributed by atoms with Crippen molar-refractivity contribution >= 4 is 5.97 Å². The lowest BCUT2D eigenvalue weighted by Gasteiger charge is -2.11. The molecule has 0 saturated heterocycles. The van der Waals surface area contributed by atoms with Gasteiger partial charge in [-0.3, -0.25) is 4.79 Å². The summed E-state index contributed by atoms with van der Waals surface area (Å²) in [4.78, 5) is 11.3. The van der Waals surface area contributed by atoms with Crippen molar-refractivity contribution in [2.75, 3.05) is 7.11 Å². The van der Waals surface area contributed by atoms with Gasteiger partial charge in [0.2, 0.25) is 0 Å². The molecule has 3 aromatic rings. The van der Waals surface area contributed by atoms with Crippen LogP contribution in [0.1, 0.15) is 29.2 Å². The summed E-state index contributed by atoms with van der Waals surface area (Å²) in [5, 5.41) is 17.5. The number of aliphatic carboxylic acids is 1. The molecule has 6 nitrogen and oxygen atoms in total. The lowest BCUT2D eigenvalue weighted by atomic mass is 9.99. The molecule has 1 aliphatic carbocycles. The zero-order valence-electron chi connectivity index (χ0n) is 17.7. The first-order valence-electron chi connectivity index (χ1n) is 10.3. The van der Waals surface area contributed by atoms with Crippen LogP contribution in [0.2, 0.25) is 0 Å². The van der Waals surface area contributed by atoms with Gasteiger partial charge in [-0.1, -0.05) is 18.2 Å². The van der Waals surface area contributed by atoms with E-state index >= 15 is 0 Å². The quantitative estimate of drug-likeness (QED) is 0.510. The Kier molecular flexibility index (Phi) is 6.22. The van der Waals surface area contributed by atoms with Crippen LogP contribution < -0.4 is 9.47 Å². The average molecular weight is 458 g/mol. The Morgan fingerprint density at radius 2 is 1.85 bits per heavy atom. The first kappa shape index (κ1) is 22.6. The molecule has 2 aromatic carbocycles. The van der Waals surface area contributed by atoms with Crippen LogP contribution in [0.15, 0.2) is 54.7 Å². The van der Waals surface area contributed by atoms with E-state index in [-0.39, 0.29) is 11.7 Å². The number of nitrogens with zero attached hydrogens (tertiary/aromatic N) is 2. The number of ether oxygens (including phenoxy) is 2. The Hall–Kier alpha value is -3.62. The average Bonchev–Trinajstić information content (AvgIpc) is 3.59. The maximum atomic E-state index is 12.3. The molecular formula is C24H21F3N2O4. The van der Waals surface area contributed by atoms with Crippen LogP contribution in [0.5, 0.6) is 11.5 Å². The van der Waals surface area contributed by atoms with E-state index in [9.17, 15) is 23.1 Å². The van der Waals surface area contributed by atoms with Crippen molar-refractivity contribution in [2.45, 2.75) is 31.5 Å². The number of rotatable bonds is 8. The second-order valence-electron chi connectivity index (χ2n) is 7.87. The van der Waals surface area contributed by atoms with Gasteiger partial charge in [0.15, 0.2) is 0 Å². The molecule has 0 bridgehead atoms. The van der Waals surface area contributed by atoms with E-state index in [1.54, 1.807) is 25.4 Å². The molecule has 0 aliphatic heterocycles. The van der Waals surface area contributed by atoms with Gasteiger partial charge in [-0.25, -0.2) is 0 Å². The number of carboxylic acids is 1. The standard InChI is InChI=1S/C24H21F3N2O4/c1-32-22-9-5-15(11-20(22)19-12-21(19)23(30)31)16-10-17(29-28-13-16)6-2-14-3-7-18(8-4-14)33-24(25,26)27/h3-5,7-11,13,19,21H,2,6,12H2,1H3,(H,30,31)/t19-,21+/m0/s1. The predicted molar refractivity (Wildman–Crippen MR) is 113 cm³/mol. The summed E-state index contributed by atoms with van der Waals surface area (Å²) in [6.07, 6.45) is -1.37. The maximum absolute atomic E-state index is 12.3. The molecule has 33 heavy (non-hydrogen) atoms. The largest absolute Gasteiger partial charge is 0.573 e. The first-order valence-corrected chi connectivity index (χ1v) is 10.3. The maximum Gasteiger partial charge on any atom is 0.573 e. The summed E-state index contributed by atoms with van der Waals surface area (Å²) in [6, 6.07) is 13.3. The fourth-order valence-electron chi connectivity index (χ4n) is 3.84. The molecule has 172 valence electrons. The Morgan fingerprint density at radius 3 is 2.48 bits per heavy atom. The third-order valence-corrected chi connectivity index (χ3v) is 5.60. The number of aryl methyl sites for hydroxylation is 2. The monoisotopic (exact) mass is 458 g/mol. The molecule has 9 heteroatoms. The van der Waals surface area contributed by atoms with E-state index in [0.29, 0.717) is 25.0 Å². The minimum atomic E-state index is -4.72. The van der Waals surface area contributed by atoms with Crippen molar-refractivity contribution in [2.24, 2.45) is 5.92 Å². The highest BCUT2D eigenvalue weighted by atomic mass is 19.4. The Morgan fingerprint density at radius 1 is 1.09 bits per heavy atom. The Balaban J connectivity index is 1.46. The molecule has 0 radical (unpaired) electrons. The molecule has 1 aromatic heterocycles. The normalized spacial score (nSPS) is 17.5. The third-order valence-electron chi connectivity index (χ3n) is 5.60. The second-order valence-corrected chi connectivity index (χ2v) is 7.87. The zero-order chi connectivity index (χ0) is 23.6. The molecule has 1 aliphatic rings. The smallest absolute Gasteiger partial charge is 0.496 e. The molecule has 0 amide bonds. The van der Waals surface area contributed by atoms with Crippen molar-refractivity contribution in [1.29, 1.82) is 0 Å². The topological polar surface area (TPSA) is 81.5 Å². The lowest BCUT2D eigenvalue weighted by molar-refractivity contribution is -0.274. The summed E-state index contributed by atoms with van der Waals surface area (Å²) in [5.74, 6) is -0.876. The number of hydrogen-bond acceptors (Lipinski definition) is 5. The summed E-state index contributed by atoms with van der Waals surface area (Å²) in [6.45, 7) is 0. The van der Waals surface area contributed by atoms with E-state index in [0.717, 1.165) is 27.9 Å². The highest BCUT2D eigenvalue weighted by Crippen LogP contribution is 2.51. The predicted octanol–water partition coefficient (Wildman–Crippen LogP) is 5.02. The highest BCUT2D eigenvalue weighted by molar-refractivity contribution is 5.76. The zero-order valence-corrected chi connectivity index (χ0v) is 17.7. The van der Waals surface area contributed by atoms with Gasteiger partial charge in [-0.15, -0.1) is 13.2 Å². The van der Waals surface area contributed by atoms with Crippen LogP contribution in [-0.4, -0.2) is 34.7 Å². The van der Waals surface area contributed by atoms with Crippen LogP contribution in [-0.2, 0) is 17.6 Å². The fraction of sp³-hybridized carbons (Fsp3) is 0.292. The van der Waals surface area contributed by atoms with E-state index in [1.165, 1.54) is 12.1 Å². The molecule has 1 N–H and O–H groups in total. The molecule has 0 unspecified atom stereocenters. The van der Waals surface area contributed by atoms with Gasteiger partial charge in [0.1, 0.15) is 11.5 Å². The van der Waals surface area contributed by atoms with Crippen LogP contribution >= 0.6 is 0 Å². The minimum absolute atomic E-state index is 0.0732. The molecule has 1 fully saturated rings. The molecule has 1 heterocycles. The van der Waals surface area contributed by atoms with Gasteiger partial charge in [0.25, 0.3) is 0 Å². The van der Waals surface area contributed by atoms with Crippen LogP contribution in [0, 0.1) is 5.92 Å². The number of hydrogen-bond donors (Lipinski definition) is 1. The summed E-state index contributed by atoms with van der Waals surface area (Å²) < 4.78 is 46.2. The van der Waals surface area contributed by atoms with Gasteiger partial charge in [0, 0.05) is 11.5 Å². The lowest BCUT2D eigenvalue weighted by Crippen LogP contribution is -2.17. The molecular weight excluding hydrogens is 437 g/mol. The van der Waals surface area contributed by atoms with Crippen molar-refractivity contribution < 1.29 is 32.5 Å². The van der Waals surface area contributed by atoms with Crippen LogP contribution in [0.25, 0.3) is 11.1 Å². The van der Waals surface area contributed by atoms with Gasteiger partial charge in [-0.05, 0) is 66.3 Å². The van der Waals surface area contributed by atoms with Crippen molar-refractivity contribution in [3.05, 3.63) is 71.5 Å². The number of benzene rings is 2. The summed E-state index contributed by atoms with van der Waals surface area (Å²) in [5.41, 5.74) is 4.16. The fourth-order valence-corrected chi connectivity index (χ4v) is 3.84. The second kappa shape index (κ2) is 9.09. The highest BCUT2D eigenvalue weighted by Gasteiger charge is 2.45. The van der Waals surface area contributed by atoms with Crippen molar-refractivity contribution in [1.82, 2.24) is 10.2 Å². The molecule has 2 atom stereocenters. The number of aromatic nitrogens is 2. The Labute approximate surface area is 188 Å². The van der Waals surface area contributed by atoms with Crippen LogP contribution in [0.3, 0.4) is 0 Å². The van der Waals surface area contributed by atoms with Gasteiger partial charge < -0.3 is 14.6 Å².